The quantitative estimate of drug-likeness (QED) is 0.373. The highest BCUT2D eigenvalue weighted by molar-refractivity contribution is 6.04. The number of carbonyl (C=O) groups is 3. The summed E-state index contributed by atoms with van der Waals surface area (Å²) >= 11 is 0. The Morgan fingerprint density at radius 1 is 1.07 bits per heavy atom. The second kappa shape index (κ2) is 13.0. The Balaban J connectivity index is 1.35. The number of anilines is 1. The van der Waals surface area contributed by atoms with Crippen molar-refractivity contribution >= 4 is 23.5 Å². The zero-order chi connectivity index (χ0) is 28.7. The van der Waals surface area contributed by atoms with E-state index in [1.165, 1.54) is 4.90 Å². The van der Waals surface area contributed by atoms with E-state index < -0.39 is 41.7 Å². The van der Waals surface area contributed by atoms with Crippen LogP contribution in [0.5, 0.6) is 5.75 Å². The van der Waals surface area contributed by atoms with Gasteiger partial charge in [0, 0.05) is 32.3 Å². The van der Waals surface area contributed by atoms with Crippen LogP contribution in [-0.2, 0) is 22.3 Å². The van der Waals surface area contributed by atoms with Crippen LogP contribution in [0.25, 0.3) is 0 Å². The van der Waals surface area contributed by atoms with E-state index in [1.807, 2.05) is 24.3 Å². The maximum atomic E-state index is 13.3. The second-order valence-electron chi connectivity index (χ2n) is 9.58. The summed E-state index contributed by atoms with van der Waals surface area (Å²) in [4.78, 5) is 39.3. The van der Waals surface area contributed by atoms with Crippen molar-refractivity contribution in [1.29, 1.82) is 0 Å². The van der Waals surface area contributed by atoms with Gasteiger partial charge < -0.3 is 35.6 Å². The number of halogens is 3. The molecule has 40 heavy (non-hydrogen) atoms. The Morgan fingerprint density at radius 2 is 1.82 bits per heavy atom. The molecule has 2 aromatic rings. The zero-order valence-electron chi connectivity index (χ0n) is 22.0. The highest BCUT2D eigenvalue weighted by Gasteiger charge is 2.33. The van der Waals surface area contributed by atoms with E-state index in [4.69, 9.17) is 9.47 Å². The number of nitrogens with zero attached hydrogens (tertiary/aromatic N) is 1. The summed E-state index contributed by atoms with van der Waals surface area (Å²) in [6, 6.07) is 9.08. The van der Waals surface area contributed by atoms with E-state index in [9.17, 15) is 27.6 Å². The van der Waals surface area contributed by atoms with Gasteiger partial charge in [-0.15, -0.1) is 0 Å². The molecule has 2 aromatic carbocycles. The summed E-state index contributed by atoms with van der Waals surface area (Å²) in [5.41, 5.74) is -0.486. The van der Waals surface area contributed by atoms with Gasteiger partial charge in [0.15, 0.2) is 0 Å². The second-order valence-corrected chi connectivity index (χ2v) is 9.58. The van der Waals surface area contributed by atoms with Crippen molar-refractivity contribution in [2.75, 3.05) is 45.3 Å². The minimum absolute atomic E-state index is 0.0775. The molecular formula is C27H32F3N5O5. The molecule has 2 aliphatic heterocycles. The number of urea groups is 1. The van der Waals surface area contributed by atoms with Gasteiger partial charge in [0.05, 0.1) is 43.1 Å². The first-order valence-electron chi connectivity index (χ1n) is 12.9. The lowest BCUT2D eigenvalue weighted by molar-refractivity contribution is -0.137. The average Bonchev–Trinajstić information content (AvgIpc) is 2.90. The number of ether oxygens (including phenoxy) is 2. The zero-order valence-corrected chi connectivity index (χ0v) is 22.0. The van der Waals surface area contributed by atoms with Crippen LogP contribution in [0.15, 0.2) is 42.5 Å². The predicted octanol–water partition coefficient (Wildman–Crippen LogP) is 2.74. The Labute approximate surface area is 229 Å². The number of alkyl halides is 3. The van der Waals surface area contributed by atoms with Gasteiger partial charge >= 0.3 is 12.2 Å². The van der Waals surface area contributed by atoms with Gasteiger partial charge in [-0.1, -0.05) is 12.1 Å². The van der Waals surface area contributed by atoms with Crippen molar-refractivity contribution in [2.24, 2.45) is 0 Å². The predicted molar refractivity (Wildman–Crippen MR) is 140 cm³/mol. The lowest BCUT2D eigenvalue weighted by Gasteiger charge is -2.33. The fraction of sp³-hybridized carbons (Fsp3) is 0.444. The van der Waals surface area contributed by atoms with E-state index >= 15 is 0 Å². The Hall–Kier alpha value is -3.84. The van der Waals surface area contributed by atoms with Crippen molar-refractivity contribution in [1.82, 2.24) is 20.9 Å². The molecule has 2 aliphatic rings. The number of hydrogen-bond donors (Lipinski definition) is 4. The van der Waals surface area contributed by atoms with E-state index in [-0.39, 0.29) is 24.4 Å². The van der Waals surface area contributed by atoms with Gasteiger partial charge in [0.25, 0.3) is 5.91 Å². The van der Waals surface area contributed by atoms with Gasteiger partial charge in [-0.25, -0.2) is 4.79 Å². The van der Waals surface area contributed by atoms with Crippen LogP contribution in [0.1, 0.15) is 34.3 Å². The van der Waals surface area contributed by atoms with E-state index in [2.05, 4.69) is 21.3 Å². The Kier molecular flexibility index (Phi) is 9.48. The largest absolute Gasteiger partial charge is 0.497 e. The fourth-order valence-corrected chi connectivity index (χ4v) is 4.36. The Bertz CT molecular complexity index is 1200. The molecule has 2 saturated heterocycles. The molecule has 13 heteroatoms. The smallest absolute Gasteiger partial charge is 0.416 e. The number of methoxy groups -OCH3 is 1. The Morgan fingerprint density at radius 3 is 2.48 bits per heavy atom. The van der Waals surface area contributed by atoms with Gasteiger partial charge in [-0.3, -0.25) is 9.59 Å². The molecule has 0 saturated carbocycles. The van der Waals surface area contributed by atoms with Crippen LogP contribution < -0.4 is 26.0 Å². The molecule has 4 N–H and O–H groups in total. The molecule has 2 unspecified atom stereocenters. The van der Waals surface area contributed by atoms with Crippen LogP contribution in [0, 0.1) is 0 Å². The minimum atomic E-state index is -4.69. The number of carbonyl (C=O) groups excluding carboxylic acids is 3. The maximum absolute atomic E-state index is 13.3. The highest BCUT2D eigenvalue weighted by atomic mass is 19.4. The van der Waals surface area contributed by atoms with Crippen molar-refractivity contribution in [3.63, 3.8) is 0 Å². The van der Waals surface area contributed by atoms with E-state index in [0.29, 0.717) is 38.7 Å². The normalized spacial score (nSPS) is 18.9. The summed E-state index contributed by atoms with van der Waals surface area (Å²) in [6.45, 7) is 1.91. The third-order valence-corrected chi connectivity index (χ3v) is 6.82. The van der Waals surface area contributed by atoms with Crippen molar-refractivity contribution < 1.29 is 37.0 Å². The number of amides is 4. The van der Waals surface area contributed by atoms with Crippen LogP contribution in [0.4, 0.5) is 23.7 Å². The summed E-state index contributed by atoms with van der Waals surface area (Å²) in [6.07, 6.45) is -3.22. The van der Waals surface area contributed by atoms with Crippen molar-refractivity contribution in [3.05, 3.63) is 59.2 Å². The number of rotatable bonds is 9. The first kappa shape index (κ1) is 29.2. The number of hydrogen-bond acceptors (Lipinski definition) is 6. The molecule has 0 radical (unpaired) electrons. The summed E-state index contributed by atoms with van der Waals surface area (Å²) in [5.74, 6) is -0.703. The first-order valence-corrected chi connectivity index (χ1v) is 12.9. The average molecular weight is 564 g/mol. The molecule has 2 heterocycles. The maximum Gasteiger partial charge on any atom is 0.416 e. The summed E-state index contributed by atoms with van der Waals surface area (Å²) < 4.78 is 50.6. The highest BCUT2D eigenvalue weighted by Crippen LogP contribution is 2.32. The van der Waals surface area contributed by atoms with E-state index in [1.54, 1.807) is 7.11 Å². The molecular weight excluding hydrogens is 531 g/mol. The molecule has 4 amide bonds. The lowest BCUT2D eigenvalue weighted by atomic mass is 10.0. The monoisotopic (exact) mass is 563 g/mol. The molecule has 0 bridgehead atoms. The van der Waals surface area contributed by atoms with Gasteiger partial charge in [-0.2, -0.15) is 13.2 Å². The standard InChI is InChI=1S/C27H32F3N5O5/c1-39-19-6-3-17(4-7-19)14-31-22-9-12-40-16-23(22)33-24(36)15-32-25(37)20-13-18(27(28,29)30)5-8-21(20)34-26(38)35-10-2-11-35/h3-8,13,22-23,31H,2,9-12,14-16H2,1H3,(H,32,37)(H,33,36)(H,34,38). The van der Waals surface area contributed by atoms with Gasteiger partial charge in [-0.05, 0) is 48.7 Å². The SMILES string of the molecule is COc1ccc(CNC2CCOCC2NC(=O)CNC(=O)c2cc(C(F)(F)F)ccc2NC(=O)N2CCC2)cc1. The molecule has 4 rings (SSSR count). The van der Waals surface area contributed by atoms with Crippen LogP contribution in [0.2, 0.25) is 0 Å². The molecule has 0 aliphatic carbocycles. The number of benzene rings is 2. The summed E-state index contributed by atoms with van der Waals surface area (Å²) in [5, 5.41) is 11.1. The summed E-state index contributed by atoms with van der Waals surface area (Å²) in [7, 11) is 1.59. The number of nitrogens with one attached hydrogen (secondary N) is 4. The molecule has 10 nitrogen and oxygen atoms in total. The number of likely N-dealkylation sites (tertiary alicyclic amines) is 1. The van der Waals surface area contributed by atoms with Crippen molar-refractivity contribution in [2.45, 2.75) is 37.6 Å². The van der Waals surface area contributed by atoms with Gasteiger partial charge in [0.2, 0.25) is 5.91 Å². The molecule has 2 atom stereocenters. The van der Waals surface area contributed by atoms with Crippen LogP contribution in [0.3, 0.4) is 0 Å². The third-order valence-electron chi connectivity index (χ3n) is 6.82. The third kappa shape index (κ3) is 7.63. The van der Waals surface area contributed by atoms with Crippen molar-refractivity contribution in [3.8, 4) is 5.75 Å². The first-order chi connectivity index (χ1) is 19.1. The minimum Gasteiger partial charge on any atom is -0.497 e. The van der Waals surface area contributed by atoms with Gasteiger partial charge in [0.1, 0.15) is 5.75 Å². The lowest BCUT2D eigenvalue weighted by Crippen LogP contribution is -2.56. The van der Waals surface area contributed by atoms with Crippen LogP contribution >= 0.6 is 0 Å². The van der Waals surface area contributed by atoms with E-state index in [0.717, 1.165) is 29.9 Å². The topological polar surface area (TPSA) is 121 Å². The molecule has 0 spiro atoms. The molecule has 0 aromatic heterocycles. The molecule has 216 valence electrons. The van der Waals surface area contributed by atoms with Crippen LogP contribution in [-0.4, -0.2) is 74.8 Å². The molecule has 2 fully saturated rings. The fourth-order valence-electron chi connectivity index (χ4n) is 4.36.